The first kappa shape index (κ1) is 14.7. The molecular formula is C10H13Cl2NO3S. The molecule has 1 aromatic carbocycles. The molecule has 2 N–H and O–H groups in total. The fourth-order valence-electron chi connectivity index (χ4n) is 1.19. The molecule has 0 bridgehead atoms. The first-order valence-corrected chi connectivity index (χ1v) is 7.36. The molecule has 7 heteroatoms. The quantitative estimate of drug-likeness (QED) is 0.873. The van der Waals surface area contributed by atoms with Gasteiger partial charge in [0.05, 0.1) is 11.9 Å². The van der Waals surface area contributed by atoms with Gasteiger partial charge in [-0.1, -0.05) is 23.2 Å². The smallest absolute Gasteiger partial charge is 0.211 e. The third-order valence-electron chi connectivity index (χ3n) is 2.15. The first-order chi connectivity index (χ1) is 7.84. The number of sulfonamides is 1. The highest BCUT2D eigenvalue weighted by Crippen LogP contribution is 2.23. The normalized spacial score (nSPS) is 13.6. The Kier molecular flexibility index (Phi) is 5.22. The molecule has 0 fully saturated rings. The van der Waals surface area contributed by atoms with Crippen LogP contribution in [0.3, 0.4) is 0 Å². The summed E-state index contributed by atoms with van der Waals surface area (Å²) in [5.41, 5.74) is 0.473. The first-order valence-electron chi connectivity index (χ1n) is 4.95. The zero-order valence-electron chi connectivity index (χ0n) is 9.15. The average Bonchev–Trinajstić information content (AvgIpc) is 2.24. The molecule has 17 heavy (non-hydrogen) atoms. The van der Waals surface area contributed by atoms with Crippen molar-refractivity contribution in [3.05, 3.63) is 33.8 Å². The van der Waals surface area contributed by atoms with Gasteiger partial charge in [-0.05, 0) is 30.7 Å². The fourth-order valence-corrected chi connectivity index (χ4v) is 2.35. The van der Waals surface area contributed by atoms with E-state index < -0.39 is 16.1 Å². The number of aliphatic hydroxyl groups is 1. The van der Waals surface area contributed by atoms with Gasteiger partial charge < -0.3 is 5.11 Å². The lowest BCUT2D eigenvalue weighted by Gasteiger charge is -2.12. The Balaban J connectivity index is 2.73. The summed E-state index contributed by atoms with van der Waals surface area (Å²) in [6.07, 6.45) is -0.979. The summed E-state index contributed by atoms with van der Waals surface area (Å²) in [7, 11) is -3.32. The zero-order valence-corrected chi connectivity index (χ0v) is 11.5. The number of hydrogen-bond donors (Lipinski definition) is 2. The molecule has 0 amide bonds. The van der Waals surface area contributed by atoms with E-state index in [-0.39, 0.29) is 12.3 Å². The summed E-state index contributed by atoms with van der Waals surface area (Å²) in [6, 6.07) is 4.62. The van der Waals surface area contributed by atoms with Crippen LogP contribution in [0.25, 0.3) is 0 Å². The predicted octanol–water partition coefficient (Wildman–Crippen LogP) is 1.97. The van der Waals surface area contributed by atoms with E-state index in [0.29, 0.717) is 15.6 Å². The minimum absolute atomic E-state index is 0.0317. The van der Waals surface area contributed by atoms with Crippen LogP contribution < -0.4 is 4.72 Å². The zero-order chi connectivity index (χ0) is 13.1. The number of benzene rings is 1. The highest BCUT2D eigenvalue weighted by atomic mass is 35.5. The standard InChI is InChI=1S/C10H13Cl2NO3S/c1-2-17(15,16)13-6-10(14)7-3-8(11)5-9(12)4-7/h3-5,10,13-14H,2,6H2,1H3. The van der Waals surface area contributed by atoms with Crippen molar-refractivity contribution in [1.29, 1.82) is 0 Å². The fraction of sp³-hybridized carbons (Fsp3) is 0.400. The van der Waals surface area contributed by atoms with Crippen LogP contribution in [0.5, 0.6) is 0 Å². The Morgan fingerprint density at radius 2 is 1.82 bits per heavy atom. The molecule has 0 spiro atoms. The van der Waals surface area contributed by atoms with Gasteiger partial charge in [0, 0.05) is 16.6 Å². The van der Waals surface area contributed by atoms with Crippen molar-refractivity contribution < 1.29 is 13.5 Å². The van der Waals surface area contributed by atoms with Gasteiger partial charge in [-0.15, -0.1) is 0 Å². The monoisotopic (exact) mass is 297 g/mol. The molecule has 4 nitrogen and oxygen atoms in total. The van der Waals surface area contributed by atoms with E-state index in [1.165, 1.54) is 13.0 Å². The van der Waals surface area contributed by atoms with Crippen LogP contribution in [0, 0.1) is 0 Å². The highest BCUT2D eigenvalue weighted by molar-refractivity contribution is 7.89. The Labute approximate surface area is 111 Å². The molecule has 1 atom stereocenters. The molecule has 0 aliphatic rings. The van der Waals surface area contributed by atoms with E-state index in [2.05, 4.69) is 4.72 Å². The summed E-state index contributed by atoms with van der Waals surface area (Å²) in [6.45, 7) is 1.41. The van der Waals surface area contributed by atoms with E-state index in [1.807, 2.05) is 0 Å². The van der Waals surface area contributed by atoms with E-state index in [4.69, 9.17) is 23.2 Å². The molecule has 0 aromatic heterocycles. The van der Waals surface area contributed by atoms with Crippen molar-refractivity contribution in [2.75, 3.05) is 12.3 Å². The number of aliphatic hydroxyl groups excluding tert-OH is 1. The molecule has 0 aliphatic heterocycles. The second-order valence-electron chi connectivity index (χ2n) is 3.47. The Morgan fingerprint density at radius 1 is 1.29 bits per heavy atom. The minimum atomic E-state index is -3.32. The van der Waals surface area contributed by atoms with Crippen molar-refractivity contribution >= 4 is 33.2 Å². The van der Waals surface area contributed by atoms with Crippen LogP contribution in [0.15, 0.2) is 18.2 Å². The van der Waals surface area contributed by atoms with Gasteiger partial charge in [0.2, 0.25) is 10.0 Å². The topological polar surface area (TPSA) is 66.4 Å². The van der Waals surface area contributed by atoms with Crippen molar-refractivity contribution in [2.24, 2.45) is 0 Å². The van der Waals surface area contributed by atoms with E-state index in [1.54, 1.807) is 12.1 Å². The number of halogens is 2. The van der Waals surface area contributed by atoms with E-state index >= 15 is 0 Å². The molecule has 0 saturated heterocycles. The third-order valence-corrected chi connectivity index (χ3v) is 3.95. The SMILES string of the molecule is CCS(=O)(=O)NCC(O)c1cc(Cl)cc(Cl)c1. The van der Waals surface area contributed by atoms with Crippen LogP contribution in [0.2, 0.25) is 10.0 Å². The Morgan fingerprint density at radius 3 is 2.29 bits per heavy atom. The Bertz CT molecular complexity index is 470. The highest BCUT2D eigenvalue weighted by Gasteiger charge is 2.13. The van der Waals surface area contributed by atoms with Crippen molar-refractivity contribution in [1.82, 2.24) is 4.72 Å². The number of nitrogens with one attached hydrogen (secondary N) is 1. The third kappa shape index (κ3) is 4.81. The summed E-state index contributed by atoms with van der Waals surface area (Å²) >= 11 is 11.6. The van der Waals surface area contributed by atoms with Gasteiger partial charge in [0.25, 0.3) is 0 Å². The lowest BCUT2D eigenvalue weighted by molar-refractivity contribution is 0.182. The van der Waals surface area contributed by atoms with Gasteiger partial charge in [-0.2, -0.15) is 0 Å². The molecule has 0 heterocycles. The molecule has 0 saturated carbocycles. The van der Waals surface area contributed by atoms with Gasteiger partial charge in [-0.3, -0.25) is 0 Å². The molecule has 1 rings (SSSR count). The number of hydrogen-bond acceptors (Lipinski definition) is 3. The maximum absolute atomic E-state index is 11.2. The maximum atomic E-state index is 11.2. The molecule has 1 aromatic rings. The summed E-state index contributed by atoms with van der Waals surface area (Å²) in [5, 5.41) is 10.6. The second-order valence-corrected chi connectivity index (χ2v) is 6.44. The van der Waals surface area contributed by atoms with E-state index in [0.717, 1.165) is 0 Å². The molecule has 1 unspecified atom stereocenters. The van der Waals surface area contributed by atoms with Crippen molar-refractivity contribution in [2.45, 2.75) is 13.0 Å². The lowest BCUT2D eigenvalue weighted by atomic mass is 10.1. The van der Waals surface area contributed by atoms with Crippen molar-refractivity contribution in [3.8, 4) is 0 Å². The molecule has 0 radical (unpaired) electrons. The second kappa shape index (κ2) is 6.02. The average molecular weight is 298 g/mol. The lowest BCUT2D eigenvalue weighted by Crippen LogP contribution is -2.29. The van der Waals surface area contributed by atoms with Crippen molar-refractivity contribution in [3.63, 3.8) is 0 Å². The summed E-state index contributed by atoms with van der Waals surface area (Å²) < 4.78 is 24.7. The van der Waals surface area contributed by atoms with E-state index in [9.17, 15) is 13.5 Å². The van der Waals surface area contributed by atoms with Gasteiger partial charge in [0.1, 0.15) is 0 Å². The summed E-state index contributed by atoms with van der Waals surface area (Å²) in [5.74, 6) is -0.0317. The van der Waals surface area contributed by atoms with Crippen LogP contribution in [0.1, 0.15) is 18.6 Å². The van der Waals surface area contributed by atoms with Crippen LogP contribution >= 0.6 is 23.2 Å². The van der Waals surface area contributed by atoms with Gasteiger partial charge >= 0.3 is 0 Å². The van der Waals surface area contributed by atoms with Crippen LogP contribution in [-0.4, -0.2) is 25.8 Å². The minimum Gasteiger partial charge on any atom is -0.387 e. The van der Waals surface area contributed by atoms with Crippen LogP contribution in [0.4, 0.5) is 0 Å². The summed E-state index contributed by atoms with van der Waals surface area (Å²) in [4.78, 5) is 0. The Hall–Kier alpha value is -0.330. The molecule has 0 aliphatic carbocycles. The maximum Gasteiger partial charge on any atom is 0.211 e. The molecule has 96 valence electrons. The van der Waals surface area contributed by atoms with Gasteiger partial charge in [-0.25, -0.2) is 13.1 Å². The van der Waals surface area contributed by atoms with Gasteiger partial charge in [0.15, 0.2) is 0 Å². The largest absolute Gasteiger partial charge is 0.387 e. The molecular weight excluding hydrogens is 285 g/mol. The number of rotatable bonds is 5. The van der Waals surface area contributed by atoms with Crippen LogP contribution in [-0.2, 0) is 10.0 Å². The predicted molar refractivity (Wildman–Crippen MR) is 68.9 cm³/mol.